The quantitative estimate of drug-likeness (QED) is 0.547. The first kappa shape index (κ1) is 10.4. The Bertz CT molecular complexity index is 68.1. The molecule has 0 aromatic heterocycles. The Morgan fingerprint density at radius 2 is 1.89 bits per heavy atom. The van der Waals surface area contributed by atoms with Gasteiger partial charge in [-0.2, -0.15) is 0 Å². The van der Waals surface area contributed by atoms with Crippen LogP contribution < -0.4 is 0 Å². The van der Waals surface area contributed by atoms with E-state index in [1.807, 2.05) is 0 Å². The molecule has 2 unspecified atom stereocenters. The van der Waals surface area contributed by atoms with E-state index >= 15 is 0 Å². The topological polar surface area (TPSA) is 19.9 Å². The SMILES string of the molecule is CCC(I)C(I)CC[O]. The zero-order valence-corrected chi connectivity index (χ0v) is 9.76. The molecule has 9 heavy (non-hydrogen) atoms. The zero-order valence-electron chi connectivity index (χ0n) is 5.44. The lowest BCUT2D eigenvalue weighted by Gasteiger charge is -2.11. The van der Waals surface area contributed by atoms with Gasteiger partial charge < -0.3 is 0 Å². The van der Waals surface area contributed by atoms with Crippen molar-refractivity contribution in [1.82, 2.24) is 0 Å². The normalized spacial score (nSPS) is 17.3. The molecule has 0 aromatic carbocycles. The maximum atomic E-state index is 10.2. The van der Waals surface area contributed by atoms with Gasteiger partial charge in [-0.15, -0.1) is 0 Å². The van der Waals surface area contributed by atoms with Gasteiger partial charge in [-0.3, -0.25) is 0 Å². The molecule has 0 amide bonds. The molecule has 55 valence electrons. The van der Waals surface area contributed by atoms with E-state index in [1.54, 1.807) is 0 Å². The van der Waals surface area contributed by atoms with Crippen LogP contribution in [0.2, 0.25) is 0 Å². The number of hydrogen-bond acceptors (Lipinski definition) is 0. The highest BCUT2D eigenvalue weighted by atomic mass is 127. The van der Waals surface area contributed by atoms with E-state index in [1.165, 1.54) is 6.42 Å². The highest BCUT2D eigenvalue weighted by Crippen LogP contribution is 2.20. The summed E-state index contributed by atoms with van der Waals surface area (Å²) in [5.41, 5.74) is 0. The van der Waals surface area contributed by atoms with Crippen molar-refractivity contribution in [3.8, 4) is 0 Å². The van der Waals surface area contributed by atoms with Crippen molar-refractivity contribution in [2.45, 2.75) is 27.6 Å². The molecule has 1 nitrogen and oxygen atoms in total. The molecule has 0 aliphatic rings. The summed E-state index contributed by atoms with van der Waals surface area (Å²) in [4.78, 5) is 0. The molecule has 2 atom stereocenters. The van der Waals surface area contributed by atoms with Crippen LogP contribution in [0.15, 0.2) is 0 Å². The summed E-state index contributed by atoms with van der Waals surface area (Å²) in [7, 11) is 0. The number of rotatable bonds is 4. The zero-order chi connectivity index (χ0) is 7.28. The smallest absolute Gasteiger partial charge is 0.0832 e. The maximum absolute atomic E-state index is 10.2. The predicted molar refractivity (Wildman–Crippen MR) is 56.1 cm³/mol. The fraction of sp³-hybridized carbons (Fsp3) is 1.00. The Balaban J connectivity index is 3.32. The molecule has 0 aliphatic heterocycles. The lowest BCUT2D eigenvalue weighted by atomic mass is 10.2. The van der Waals surface area contributed by atoms with Gasteiger partial charge in [0.25, 0.3) is 0 Å². The van der Waals surface area contributed by atoms with E-state index in [-0.39, 0.29) is 6.61 Å². The number of hydrogen-bond donors (Lipinski definition) is 0. The molecule has 0 bridgehead atoms. The lowest BCUT2D eigenvalue weighted by Crippen LogP contribution is -2.13. The van der Waals surface area contributed by atoms with E-state index < -0.39 is 0 Å². The maximum Gasteiger partial charge on any atom is 0.0832 e. The third kappa shape index (κ3) is 4.78. The van der Waals surface area contributed by atoms with Gasteiger partial charge in [-0.05, 0) is 12.8 Å². The molecule has 0 rings (SSSR count). The van der Waals surface area contributed by atoms with Gasteiger partial charge >= 0.3 is 0 Å². The van der Waals surface area contributed by atoms with Gasteiger partial charge in [0.2, 0.25) is 0 Å². The standard InChI is InChI=1S/C6H11I2O/c1-2-5(7)6(8)3-4-9/h5-6H,2-4H2,1H3. The average Bonchev–Trinajstić information content (AvgIpc) is 1.87. The minimum absolute atomic E-state index is 0.0765. The number of alkyl halides is 2. The average molecular weight is 353 g/mol. The summed E-state index contributed by atoms with van der Waals surface area (Å²) >= 11 is 4.77. The molecular formula is C6H11I2O. The monoisotopic (exact) mass is 353 g/mol. The Kier molecular flexibility index (Phi) is 7.12. The van der Waals surface area contributed by atoms with Crippen molar-refractivity contribution in [2.24, 2.45) is 0 Å². The minimum atomic E-state index is 0.0765. The van der Waals surface area contributed by atoms with Gasteiger partial charge in [0.15, 0.2) is 0 Å². The molecule has 0 spiro atoms. The van der Waals surface area contributed by atoms with E-state index in [0.29, 0.717) is 7.85 Å². The number of halogens is 2. The summed E-state index contributed by atoms with van der Waals surface area (Å²) in [6.07, 6.45) is 2.00. The van der Waals surface area contributed by atoms with Crippen LogP contribution in [-0.2, 0) is 5.11 Å². The summed E-state index contributed by atoms with van der Waals surface area (Å²) in [6.45, 7) is 2.24. The molecular weight excluding hydrogens is 342 g/mol. The Morgan fingerprint density at radius 3 is 2.22 bits per heavy atom. The largest absolute Gasteiger partial charge is 0.237 e. The van der Waals surface area contributed by atoms with Crippen LogP contribution in [0.3, 0.4) is 0 Å². The Labute approximate surface area is 83.9 Å². The van der Waals surface area contributed by atoms with Crippen LogP contribution in [0, 0.1) is 0 Å². The van der Waals surface area contributed by atoms with Gasteiger partial charge in [-0.25, -0.2) is 5.11 Å². The first-order valence-corrected chi connectivity index (χ1v) is 5.57. The lowest BCUT2D eigenvalue weighted by molar-refractivity contribution is 0.189. The van der Waals surface area contributed by atoms with Crippen LogP contribution in [0.5, 0.6) is 0 Å². The van der Waals surface area contributed by atoms with Crippen LogP contribution in [0.25, 0.3) is 0 Å². The third-order valence-electron chi connectivity index (χ3n) is 1.18. The highest BCUT2D eigenvalue weighted by molar-refractivity contribution is 14.1. The Morgan fingerprint density at radius 1 is 1.33 bits per heavy atom. The molecule has 3 heteroatoms. The van der Waals surface area contributed by atoms with Crippen molar-refractivity contribution >= 4 is 45.2 Å². The van der Waals surface area contributed by atoms with Gasteiger partial charge in [0.1, 0.15) is 0 Å². The van der Waals surface area contributed by atoms with Crippen molar-refractivity contribution in [3.05, 3.63) is 0 Å². The van der Waals surface area contributed by atoms with Crippen LogP contribution in [-0.4, -0.2) is 14.5 Å². The molecule has 0 saturated heterocycles. The second-order valence-corrected chi connectivity index (χ2v) is 5.13. The first-order chi connectivity index (χ1) is 4.22. The van der Waals surface area contributed by atoms with E-state index in [4.69, 9.17) is 0 Å². The van der Waals surface area contributed by atoms with Crippen molar-refractivity contribution < 1.29 is 5.11 Å². The summed E-state index contributed by atoms with van der Waals surface area (Å²) in [5, 5.41) is 10.2. The molecule has 0 saturated carbocycles. The molecule has 0 aliphatic carbocycles. The fourth-order valence-electron chi connectivity index (χ4n) is 0.549. The molecule has 0 heterocycles. The van der Waals surface area contributed by atoms with Gasteiger partial charge in [0.05, 0.1) is 6.61 Å². The predicted octanol–water partition coefficient (Wildman–Crippen LogP) is 2.82. The highest BCUT2D eigenvalue weighted by Gasteiger charge is 2.11. The molecule has 1 radical (unpaired) electrons. The second-order valence-electron chi connectivity index (χ2n) is 1.93. The van der Waals surface area contributed by atoms with Crippen LogP contribution >= 0.6 is 45.2 Å². The summed E-state index contributed by atoms with van der Waals surface area (Å²) in [6, 6.07) is 0. The van der Waals surface area contributed by atoms with Crippen LogP contribution in [0.4, 0.5) is 0 Å². The summed E-state index contributed by atoms with van der Waals surface area (Å²) < 4.78 is 1.25. The minimum Gasteiger partial charge on any atom is -0.237 e. The first-order valence-electron chi connectivity index (χ1n) is 3.08. The van der Waals surface area contributed by atoms with Gasteiger partial charge in [0, 0.05) is 7.85 Å². The van der Waals surface area contributed by atoms with E-state index in [9.17, 15) is 5.11 Å². The van der Waals surface area contributed by atoms with Crippen molar-refractivity contribution in [2.75, 3.05) is 6.61 Å². The summed E-state index contributed by atoms with van der Waals surface area (Å²) in [5.74, 6) is 0. The fourth-order valence-corrected chi connectivity index (χ4v) is 1.67. The van der Waals surface area contributed by atoms with E-state index in [2.05, 4.69) is 52.1 Å². The molecule has 0 N–H and O–H groups in total. The third-order valence-corrected chi connectivity index (χ3v) is 5.79. The van der Waals surface area contributed by atoms with E-state index in [0.717, 1.165) is 6.42 Å². The molecule has 0 aromatic rings. The van der Waals surface area contributed by atoms with Crippen molar-refractivity contribution in [1.29, 1.82) is 0 Å². The Hall–Kier alpha value is 1.42. The van der Waals surface area contributed by atoms with Crippen molar-refractivity contribution in [3.63, 3.8) is 0 Å². The second kappa shape index (κ2) is 6.15. The van der Waals surface area contributed by atoms with Crippen LogP contribution in [0.1, 0.15) is 19.8 Å². The van der Waals surface area contributed by atoms with Gasteiger partial charge in [-0.1, -0.05) is 52.1 Å². The molecule has 0 fully saturated rings.